The Bertz CT molecular complexity index is 439. The molecule has 1 N–H and O–H groups in total. The second kappa shape index (κ2) is 4.93. The summed E-state index contributed by atoms with van der Waals surface area (Å²) >= 11 is 0. The first kappa shape index (κ1) is 13.1. The van der Waals surface area contributed by atoms with Gasteiger partial charge in [0.1, 0.15) is 5.82 Å². The van der Waals surface area contributed by atoms with Gasteiger partial charge < -0.3 is 5.11 Å². The number of halogens is 1. The molecule has 0 saturated heterocycles. The molecule has 16 heavy (non-hydrogen) atoms. The van der Waals surface area contributed by atoms with Gasteiger partial charge in [0.05, 0.1) is 11.4 Å². The zero-order chi connectivity index (χ0) is 12.3. The molecule has 0 unspecified atom stereocenters. The molecule has 1 aromatic carbocycles. The molecule has 0 fully saturated rings. The summed E-state index contributed by atoms with van der Waals surface area (Å²) in [5, 5.41) is 8.96. The molecule has 0 saturated carbocycles. The van der Waals surface area contributed by atoms with Gasteiger partial charge in [0.25, 0.3) is 0 Å². The van der Waals surface area contributed by atoms with E-state index in [1.54, 1.807) is 0 Å². The number of sulfone groups is 1. The van der Waals surface area contributed by atoms with Crippen molar-refractivity contribution in [1.82, 2.24) is 0 Å². The van der Waals surface area contributed by atoms with Crippen molar-refractivity contribution in [1.29, 1.82) is 0 Å². The summed E-state index contributed by atoms with van der Waals surface area (Å²) in [6.45, 7) is 2.98. The average molecular weight is 246 g/mol. The summed E-state index contributed by atoms with van der Waals surface area (Å²) in [5.74, 6) is -0.436. The van der Waals surface area contributed by atoms with Crippen LogP contribution in [-0.4, -0.2) is 24.5 Å². The van der Waals surface area contributed by atoms with Crippen LogP contribution in [0.4, 0.5) is 4.39 Å². The molecule has 90 valence electrons. The third-order valence-electron chi connectivity index (χ3n) is 2.62. The van der Waals surface area contributed by atoms with Gasteiger partial charge in [0.15, 0.2) is 9.84 Å². The van der Waals surface area contributed by atoms with Crippen LogP contribution in [0.5, 0.6) is 0 Å². The van der Waals surface area contributed by atoms with Crippen molar-refractivity contribution in [3.8, 4) is 0 Å². The Morgan fingerprint density at radius 1 is 1.31 bits per heavy atom. The van der Waals surface area contributed by atoms with E-state index in [9.17, 15) is 17.9 Å². The van der Waals surface area contributed by atoms with Crippen LogP contribution < -0.4 is 0 Å². The normalized spacial score (nSPS) is 15.8. The van der Waals surface area contributed by atoms with Gasteiger partial charge in [0, 0.05) is 5.75 Å². The van der Waals surface area contributed by atoms with E-state index in [2.05, 4.69) is 0 Å². The fraction of sp³-hybridized carbons (Fsp3) is 0.455. The minimum Gasteiger partial charge on any atom is -0.387 e. The lowest BCUT2D eigenvalue weighted by Crippen LogP contribution is -2.26. The van der Waals surface area contributed by atoms with Crippen LogP contribution in [0, 0.1) is 5.82 Å². The first-order chi connectivity index (χ1) is 7.38. The van der Waals surface area contributed by atoms with Gasteiger partial charge in [-0.3, -0.25) is 0 Å². The van der Waals surface area contributed by atoms with E-state index in [0.29, 0.717) is 5.56 Å². The molecule has 0 radical (unpaired) electrons. The molecule has 1 rings (SSSR count). The quantitative estimate of drug-likeness (QED) is 0.879. The highest BCUT2D eigenvalue weighted by atomic mass is 32.2. The Labute approximate surface area is 94.8 Å². The highest BCUT2D eigenvalue weighted by molar-refractivity contribution is 7.92. The van der Waals surface area contributed by atoms with E-state index in [0.717, 1.165) is 0 Å². The second-order valence-corrected chi connectivity index (χ2v) is 6.30. The van der Waals surface area contributed by atoms with E-state index in [4.69, 9.17) is 0 Å². The highest BCUT2D eigenvalue weighted by Gasteiger charge is 2.27. The van der Waals surface area contributed by atoms with E-state index < -0.39 is 27.0 Å². The van der Waals surface area contributed by atoms with Gasteiger partial charge >= 0.3 is 0 Å². The first-order valence-corrected chi connectivity index (χ1v) is 6.75. The van der Waals surface area contributed by atoms with Crippen LogP contribution in [0.2, 0.25) is 0 Å². The molecule has 0 aliphatic carbocycles. The fourth-order valence-corrected chi connectivity index (χ4v) is 2.47. The number of rotatable bonds is 4. The minimum atomic E-state index is -3.30. The van der Waals surface area contributed by atoms with Crippen molar-refractivity contribution in [3.05, 3.63) is 35.6 Å². The van der Waals surface area contributed by atoms with Crippen molar-refractivity contribution in [2.45, 2.75) is 25.2 Å². The smallest absolute Gasteiger partial charge is 0.155 e. The largest absolute Gasteiger partial charge is 0.387 e. The zero-order valence-electron chi connectivity index (χ0n) is 9.22. The third kappa shape index (κ3) is 2.80. The molecule has 0 spiro atoms. The lowest BCUT2D eigenvalue weighted by molar-refractivity contribution is 0.176. The maximum Gasteiger partial charge on any atom is 0.155 e. The van der Waals surface area contributed by atoms with E-state index >= 15 is 0 Å². The third-order valence-corrected chi connectivity index (χ3v) is 4.82. The molecule has 0 heterocycles. The van der Waals surface area contributed by atoms with Crippen LogP contribution in [-0.2, 0) is 9.84 Å². The van der Waals surface area contributed by atoms with Crippen LogP contribution in [0.15, 0.2) is 24.3 Å². The lowest BCUT2D eigenvalue weighted by Gasteiger charge is -2.18. The SMILES string of the molecule is CCS(=O)(=O)[C@H](C)[C@H](O)c1ccc(F)cc1. The van der Waals surface area contributed by atoms with Crippen molar-refractivity contribution in [3.63, 3.8) is 0 Å². The van der Waals surface area contributed by atoms with Crippen molar-refractivity contribution in [2.75, 3.05) is 5.75 Å². The van der Waals surface area contributed by atoms with Gasteiger partial charge in [-0.15, -0.1) is 0 Å². The number of hydrogen-bond donors (Lipinski definition) is 1. The van der Waals surface area contributed by atoms with Gasteiger partial charge in [-0.1, -0.05) is 19.1 Å². The highest BCUT2D eigenvalue weighted by Crippen LogP contribution is 2.22. The Kier molecular flexibility index (Phi) is 4.04. The van der Waals surface area contributed by atoms with Crippen molar-refractivity contribution < 1.29 is 17.9 Å². The predicted octanol–water partition coefficient (Wildman–Crippen LogP) is 1.68. The standard InChI is InChI=1S/C11H15FO3S/c1-3-16(14,15)8(2)11(13)9-4-6-10(12)7-5-9/h4-8,11,13H,3H2,1-2H3/t8-,11+/m1/s1. The Hall–Kier alpha value is -0.940. The Balaban J connectivity index is 2.94. The second-order valence-electron chi connectivity index (χ2n) is 3.65. The zero-order valence-corrected chi connectivity index (χ0v) is 10.0. The molecule has 0 aliphatic heterocycles. The van der Waals surface area contributed by atoms with Crippen molar-refractivity contribution >= 4 is 9.84 Å². The predicted molar refractivity (Wildman–Crippen MR) is 60.3 cm³/mol. The summed E-state index contributed by atoms with van der Waals surface area (Å²) in [5.41, 5.74) is 0.408. The van der Waals surface area contributed by atoms with E-state index in [1.165, 1.54) is 38.1 Å². The Morgan fingerprint density at radius 3 is 2.25 bits per heavy atom. The Morgan fingerprint density at radius 2 is 1.81 bits per heavy atom. The fourth-order valence-electron chi connectivity index (χ4n) is 1.39. The summed E-state index contributed by atoms with van der Waals surface area (Å²) < 4.78 is 35.7. The van der Waals surface area contributed by atoms with E-state index in [1.807, 2.05) is 0 Å². The first-order valence-electron chi connectivity index (χ1n) is 5.03. The van der Waals surface area contributed by atoms with Gasteiger partial charge in [-0.2, -0.15) is 0 Å². The maximum atomic E-state index is 12.7. The van der Waals surface area contributed by atoms with Gasteiger partial charge in [0.2, 0.25) is 0 Å². The number of aliphatic hydroxyl groups excluding tert-OH is 1. The maximum absolute atomic E-state index is 12.7. The number of aliphatic hydroxyl groups is 1. The molecular weight excluding hydrogens is 231 g/mol. The van der Waals surface area contributed by atoms with Crippen LogP contribution in [0.25, 0.3) is 0 Å². The van der Waals surface area contributed by atoms with Crippen LogP contribution in [0.3, 0.4) is 0 Å². The molecule has 1 aromatic rings. The monoisotopic (exact) mass is 246 g/mol. The molecule has 0 amide bonds. The molecule has 0 aliphatic rings. The van der Waals surface area contributed by atoms with Gasteiger partial charge in [-0.05, 0) is 24.6 Å². The molecule has 3 nitrogen and oxygen atoms in total. The number of hydrogen-bond acceptors (Lipinski definition) is 3. The summed E-state index contributed by atoms with van der Waals surface area (Å²) in [6.07, 6.45) is -1.12. The molecule has 0 bridgehead atoms. The van der Waals surface area contributed by atoms with Crippen LogP contribution >= 0.6 is 0 Å². The molecule has 5 heteroatoms. The minimum absolute atomic E-state index is 0.0214. The average Bonchev–Trinajstić information content (AvgIpc) is 2.28. The summed E-state index contributed by atoms with van der Waals surface area (Å²) in [6, 6.07) is 5.18. The molecule has 0 aromatic heterocycles. The summed E-state index contributed by atoms with van der Waals surface area (Å²) in [4.78, 5) is 0. The topological polar surface area (TPSA) is 54.4 Å². The molecule has 2 atom stereocenters. The van der Waals surface area contributed by atoms with Gasteiger partial charge in [-0.25, -0.2) is 12.8 Å². The van der Waals surface area contributed by atoms with E-state index in [-0.39, 0.29) is 5.75 Å². The molecular formula is C11H15FO3S. The van der Waals surface area contributed by atoms with Crippen LogP contribution in [0.1, 0.15) is 25.5 Å². The number of benzene rings is 1. The lowest BCUT2D eigenvalue weighted by atomic mass is 10.1. The van der Waals surface area contributed by atoms with Crippen molar-refractivity contribution in [2.24, 2.45) is 0 Å². The summed E-state index contributed by atoms with van der Waals surface area (Å²) in [7, 11) is -3.30.